The summed E-state index contributed by atoms with van der Waals surface area (Å²) in [5, 5.41) is 0. The highest BCUT2D eigenvalue weighted by Crippen LogP contribution is 2.21. The van der Waals surface area contributed by atoms with Crippen molar-refractivity contribution in [3.63, 3.8) is 0 Å². The lowest BCUT2D eigenvalue weighted by Crippen LogP contribution is -1.94. The van der Waals surface area contributed by atoms with E-state index in [4.69, 9.17) is 9.47 Å². The Bertz CT molecular complexity index is 309. The summed E-state index contributed by atoms with van der Waals surface area (Å²) in [6.45, 7) is 15.0. The maximum Gasteiger partial charge on any atom is 0.122 e. The maximum absolute atomic E-state index is 5.35. The lowest BCUT2D eigenvalue weighted by Gasteiger charge is -2.09. The normalized spacial score (nSPS) is 8.41. The van der Waals surface area contributed by atoms with E-state index < -0.39 is 0 Å². The Balaban J connectivity index is -0.000000535. The van der Waals surface area contributed by atoms with Crippen LogP contribution in [0, 0.1) is 6.92 Å². The number of rotatable bonds is 7. The van der Waals surface area contributed by atoms with E-state index in [-0.39, 0.29) is 0 Å². The molecule has 1 aromatic rings. The van der Waals surface area contributed by atoms with Crippen molar-refractivity contribution in [2.24, 2.45) is 0 Å². The van der Waals surface area contributed by atoms with Crippen LogP contribution in [-0.4, -0.2) is 20.8 Å². The van der Waals surface area contributed by atoms with Gasteiger partial charge in [-0.25, -0.2) is 0 Å². The lowest BCUT2D eigenvalue weighted by atomic mass is 10.0. The molecule has 0 saturated heterocycles. The molecule has 0 heterocycles. The highest BCUT2D eigenvalue weighted by Gasteiger charge is 2.02. The van der Waals surface area contributed by atoms with Crippen LogP contribution in [0.4, 0.5) is 0 Å². The molecule has 0 aliphatic heterocycles. The van der Waals surface area contributed by atoms with Gasteiger partial charge in [-0.1, -0.05) is 65.7 Å². The number of benzene rings is 1. The number of aryl methyl sites for hydroxylation is 2. The topological polar surface area (TPSA) is 18.5 Å². The van der Waals surface area contributed by atoms with Crippen LogP contribution in [-0.2, 0) is 11.2 Å². The van der Waals surface area contributed by atoms with E-state index in [0.717, 1.165) is 25.2 Å². The smallest absolute Gasteiger partial charge is 0.122 e. The molecule has 0 fully saturated rings. The molecule has 1 rings (SSSR count). The maximum atomic E-state index is 5.35. The summed E-state index contributed by atoms with van der Waals surface area (Å²) >= 11 is 0. The second kappa shape index (κ2) is 22.3. The Morgan fingerprint density at radius 3 is 1.91 bits per heavy atom. The van der Waals surface area contributed by atoms with Gasteiger partial charge >= 0.3 is 0 Å². The highest BCUT2D eigenvalue weighted by atomic mass is 16.5. The SMILES string of the molecule is CC.CC.CC.COCCCCCc1cc(C)ccc1OC. The molecule has 2 heteroatoms. The average Bonchev–Trinajstić information content (AvgIpc) is 2.60. The van der Waals surface area contributed by atoms with Crippen molar-refractivity contribution in [3.8, 4) is 5.75 Å². The first-order chi connectivity index (χ1) is 10.8. The van der Waals surface area contributed by atoms with Crippen LogP contribution in [0.2, 0.25) is 0 Å². The highest BCUT2D eigenvalue weighted by molar-refractivity contribution is 5.36. The standard InChI is InChI=1S/C14H22O2.3C2H6/c1-12-8-9-14(16-3)13(11-12)7-5-4-6-10-15-2;3*1-2/h8-9,11H,4-7,10H2,1-3H3;3*1-2H3. The van der Waals surface area contributed by atoms with Crippen LogP contribution in [0.3, 0.4) is 0 Å². The third kappa shape index (κ3) is 13.9. The summed E-state index contributed by atoms with van der Waals surface area (Å²) in [6.07, 6.45) is 4.65. The number of hydrogen-bond acceptors (Lipinski definition) is 2. The van der Waals surface area contributed by atoms with E-state index in [0.29, 0.717) is 0 Å². The number of hydrogen-bond donors (Lipinski definition) is 0. The lowest BCUT2D eigenvalue weighted by molar-refractivity contribution is 0.192. The van der Waals surface area contributed by atoms with Gasteiger partial charge in [0.05, 0.1) is 7.11 Å². The Kier molecular flexibility index (Phi) is 26.2. The summed E-state index contributed by atoms with van der Waals surface area (Å²) in [6, 6.07) is 6.36. The third-order valence-electron chi connectivity index (χ3n) is 2.73. The second-order valence-corrected chi connectivity index (χ2v) is 4.12. The van der Waals surface area contributed by atoms with E-state index in [2.05, 4.69) is 25.1 Å². The van der Waals surface area contributed by atoms with Crippen LogP contribution >= 0.6 is 0 Å². The van der Waals surface area contributed by atoms with Gasteiger partial charge in [0.25, 0.3) is 0 Å². The molecule has 0 aliphatic carbocycles. The van der Waals surface area contributed by atoms with E-state index >= 15 is 0 Å². The molecule has 0 N–H and O–H groups in total. The van der Waals surface area contributed by atoms with Gasteiger partial charge in [-0.05, 0) is 37.8 Å². The monoisotopic (exact) mass is 312 g/mol. The van der Waals surface area contributed by atoms with E-state index in [1.54, 1.807) is 14.2 Å². The first-order valence-corrected chi connectivity index (χ1v) is 8.90. The fourth-order valence-electron chi connectivity index (χ4n) is 1.84. The van der Waals surface area contributed by atoms with Gasteiger partial charge in [-0.3, -0.25) is 0 Å². The molecule has 0 amide bonds. The summed E-state index contributed by atoms with van der Waals surface area (Å²) in [5.74, 6) is 1.01. The zero-order valence-corrected chi connectivity index (χ0v) is 16.6. The summed E-state index contributed by atoms with van der Waals surface area (Å²) in [5.41, 5.74) is 2.62. The molecule has 2 nitrogen and oxygen atoms in total. The predicted octanol–water partition coefficient (Wildman–Crippen LogP) is 6.44. The minimum atomic E-state index is 0.866. The molecule has 0 atom stereocenters. The van der Waals surface area contributed by atoms with Gasteiger partial charge in [0.2, 0.25) is 0 Å². The number of methoxy groups -OCH3 is 2. The Hall–Kier alpha value is -1.02. The van der Waals surface area contributed by atoms with Crippen LogP contribution in [0.5, 0.6) is 5.75 Å². The van der Waals surface area contributed by atoms with Gasteiger partial charge in [0.15, 0.2) is 0 Å². The van der Waals surface area contributed by atoms with Crippen LogP contribution in [0.15, 0.2) is 18.2 Å². The molecule has 0 saturated carbocycles. The summed E-state index contributed by atoms with van der Waals surface area (Å²) in [7, 11) is 3.49. The van der Waals surface area contributed by atoms with Gasteiger partial charge in [0.1, 0.15) is 5.75 Å². The van der Waals surface area contributed by atoms with Crippen molar-refractivity contribution in [1.29, 1.82) is 0 Å². The molecular weight excluding hydrogens is 272 g/mol. The van der Waals surface area contributed by atoms with Crippen LogP contribution in [0.25, 0.3) is 0 Å². The molecule has 22 heavy (non-hydrogen) atoms. The van der Waals surface area contributed by atoms with Crippen molar-refractivity contribution in [2.45, 2.75) is 74.1 Å². The molecule has 1 aromatic carbocycles. The van der Waals surface area contributed by atoms with E-state index in [1.807, 2.05) is 41.5 Å². The molecule has 0 aliphatic rings. The molecule has 0 radical (unpaired) electrons. The molecule has 0 aromatic heterocycles. The van der Waals surface area contributed by atoms with E-state index in [9.17, 15) is 0 Å². The molecule has 0 bridgehead atoms. The van der Waals surface area contributed by atoms with Crippen molar-refractivity contribution in [2.75, 3.05) is 20.8 Å². The third-order valence-corrected chi connectivity index (χ3v) is 2.73. The minimum Gasteiger partial charge on any atom is -0.496 e. The Labute approximate surface area is 140 Å². The fourth-order valence-corrected chi connectivity index (χ4v) is 1.84. The average molecular weight is 313 g/mol. The van der Waals surface area contributed by atoms with Crippen LogP contribution in [0.1, 0.15) is 71.9 Å². The van der Waals surface area contributed by atoms with Crippen molar-refractivity contribution in [3.05, 3.63) is 29.3 Å². The first-order valence-electron chi connectivity index (χ1n) is 8.90. The number of unbranched alkanes of at least 4 members (excludes halogenated alkanes) is 2. The van der Waals surface area contributed by atoms with Gasteiger partial charge in [0, 0.05) is 13.7 Å². The largest absolute Gasteiger partial charge is 0.496 e. The Morgan fingerprint density at radius 1 is 0.818 bits per heavy atom. The minimum absolute atomic E-state index is 0.866. The first kappa shape index (κ1) is 25.9. The van der Waals surface area contributed by atoms with E-state index in [1.165, 1.54) is 24.0 Å². The molecule has 0 spiro atoms. The van der Waals surface area contributed by atoms with Crippen molar-refractivity contribution < 1.29 is 9.47 Å². The summed E-state index contributed by atoms with van der Waals surface area (Å²) in [4.78, 5) is 0. The predicted molar refractivity (Wildman–Crippen MR) is 101 cm³/mol. The van der Waals surface area contributed by atoms with Gasteiger partial charge < -0.3 is 9.47 Å². The molecular formula is C20H40O2. The molecule has 132 valence electrons. The van der Waals surface area contributed by atoms with Crippen LogP contribution < -0.4 is 4.74 Å². The molecule has 0 unspecified atom stereocenters. The zero-order valence-electron chi connectivity index (χ0n) is 16.6. The van der Waals surface area contributed by atoms with Crippen molar-refractivity contribution in [1.82, 2.24) is 0 Å². The fraction of sp³-hybridized carbons (Fsp3) is 0.700. The van der Waals surface area contributed by atoms with Gasteiger partial charge in [-0.15, -0.1) is 0 Å². The zero-order chi connectivity index (χ0) is 17.8. The Morgan fingerprint density at radius 2 is 1.41 bits per heavy atom. The summed E-state index contributed by atoms with van der Waals surface area (Å²) < 4.78 is 10.4. The van der Waals surface area contributed by atoms with Gasteiger partial charge in [-0.2, -0.15) is 0 Å². The quantitative estimate of drug-likeness (QED) is 0.539. The number of ether oxygens (including phenoxy) is 2. The van der Waals surface area contributed by atoms with Crippen molar-refractivity contribution >= 4 is 0 Å². The second-order valence-electron chi connectivity index (χ2n) is 4.12.